The standard InChI is InChI=1S/C19H23N5O2/c1-14-5-7-17(21-10-14)23-19(26)13-24(11-15-4-2-3-9-20-15)12-16-6-8-18(25)22-16/h2-5,7,9-10,16H,6,8,11-13H2,1H3,(H,22,25)(H,21,23,26)/t16-/m0/s1. The molecule has 136 valence electrons. The van der Waals surface area contributed by atoms with Gasteiger partial charge in [-0.1, -0.05) is 12.1 Å². The van der Waals surface area contributed by atoms with Gasteiger partial charge in [0.2, 0.25) is 11.8 Å². The molecule has 7 heteroatoms. The minimum atomic E-state index is -0.137. The van der Waals surface area contributed by atoms with Crippen molar-refractivity contribution >= 4 is 17.6 Å². The summed E-state index contributed by atoms with van der Waals surface area (Å²) in [6, 6.07) is 9.47. The smallest absolute Gasteiger partial charge is 0.239 e. The molecule has 1 fully saturated rings. The van der Waals surface area contributed by atoms with Crippen LogP contribution in [0.5, 0.6) is 0 Å². The van der Waals surface area contributed by atoms with Crippen molar-refractivity contribution in [3.8, 4) is 0 Å². The fraction of sp³-hybridized carbons (Fsp3) is 0.368. The molecule has 2 aromatic rings. The van der Waals surface area contributed by atoms with Crippen molar-refractivity contribution in [2.75, 3.05) is 18.4 Å². The Balaban J connectivity index is 1.62. The number of carbonyl (C=O) groups is 2. The number of rotatable bonds is 7. The molecule has 0 saturated carbocycles. The second kappa shape index (κ2) is 8.53. The van der Waals surface area contributed by atoms with Crippen LogP contribution in [0.3, 0.4) is 0 Å². The zero-order valence-corrected chi connectivity index (χ0v) is 14.8. The molecule has 1 atom stereocenters. The van der Waals surface area contributed by atoms with Crippen LogP contribution >= 0.6 is 0 Å². The third kappa shape index (κ3) is 5.35. The number of amides is 2. The summed E-state index contributed by atoms with van der Waals surface area (Å²) in [7, 11) is 0. The van der Waals surface area contributed by atoms with E-state index in [0.29, 0.717) is 25.3 Å². The van der Waals surface area contributed by atoms with E-state index in [1.54, 1.807) is 18.5 Å². The number of nitrogens with one attached hydrogen (secondary N) is 2. The van der Waals surface area contributed by atoms with E-state index >= 15 is 0 Å². The lowest BCUT2D eigenvalue weighted by atomic mass is 10.2. The molecule has 3 heterocycles. The van der Waals surface area contributed by atoms with Gasteiger partial charge in [0.25, 0.3) is 0 Å². The van der Waals surface area contributed by atoms with Crippen LogP contribution in [0.1, 0.15) is 24.1 Å². The first-order valence-electron chi connectivity index (χ1n) is 8.72. The number of nitrogens with zero attached hydrogens (tertiary/aromatic N) is 3. The van der Waals surface area contributed by atoms with Gasteiger partial charge in [0.1, 0.15) is 5.82 Å². The fourth-order valence-corrected chi connectivity index (χ4v) is 2.96. The predicted molar refractivity (Wildman–Crippen MR) is 98.3 cm³/mol. The summed E-state index contributed by atoms with van der Waals surface area (Å²) in [5.41, 5.74) is 1.93. The lowest BCUT2D eigenvalue weighted by molar-refractivity contribution is -0.119. The van der Waals surface area contributed by atoms with Crippen LogP contribution < -0.4 is 10.6 Å². The number of pyridine rings is 2. The number of anilines is 1. The van der Waals surface area contributed by atoms with E-state index in [2.05, 4.69) is 20.6 Å². The van der Waals surface area contributed by atoms with Crippen molar-refractivity contribution in [2.45, 2.75) is 32.4 Å². The summed E-state index contributed by atoms with van der Waals surface area (Å²) in [4.78, 5) is 34.4. The van der Waals surface area contributed by atoms with Crippen molar-refractivity contribution in [3.05, 3.63) is 54.0 Å². The molecule has 2 amide bonds. The molecule has 2 N–H and O–H groups in total. The minimum Gasteiger partial charge on any atom is -0.352 e. The normalized spacial score (nSPS) is 16.5. The molecule has 1 saturated heterocycles. The Kier molecular flexibility index (Phi) is 5.91. The SMILES string of the molecule is Cc1ccc(NC(=O)CN(Cc2ccccn2)C[C@@H]2CCC(=O)N2)nc1. The monoisotopic (exact) mass is 353 g/mol. The maximum Gasteiger partial charge on any atom is 0.239 e. The Labute approximate surface area is 152 Å². The third-order valence-corrected chi connectivity index (χ3v) is 4.22. The average Bonchev–Trinajstić information content (AvgIpc) is 3.02. The summed E-state index contributed by atoms with van der Waals surface area (Å²) >= 11 is 0. The summed E-state index contributed by atoms with van der Waals surface area (Å²) < 4.78 is 0. The van der Waals surface area contributed by atoms with E-state index in [0.717, 1.165) is 17.7 Å². The van der Waals surface area contributed by atoms with Gasteiger partial charge in [0.05, 0.1) is 12.2 Å². The Hall–Kier alpha value is -2.80. The Morgan fingerprint density at radius 1 is 1.31 bits per heavy atom. The Morgan fingerprint density at radius 2 is 2.19 bits per heavy atom. The average molecular weight is 353 g/mol. The van der Waals surface area contributed by atoms with E-state index in [-0.39, 0.29) is 24.4 Å². The lowest BCUT2D eigenvalue weighted by Crippen LogP contribution is -2.42. The fourth-order valence-electron chi connectivity index (χ4n) is 2.96. The van der Waals surface area contributed by atoms with Crippen molar-refractivity contribution < 1.29 is 9.59 Å². The molecule has 0 aromatic carbocycles. The molecule has 3 rings (SSSR count). The van der Waals surface area contributed by atoms with Gasteiger partial charge >= 0.3 is 0 Å². The van der Waals surface area contributed by atoms with Crippen molar-refractivity contribution in [1.29, 1.82) is 0 Å². The van der Waals surface area contributed by atoms with E-state index in [9.17, 15) is 9.59 Å². The van der Waals surface area contributed by atoms with Gasteiger partial charge in [-0.15, -0.1) is 0 Å². The summed E-state index contributed by atoms with van der Waals surface area (Å²) in [5.74, 6) is 0.468. The van der Waals surface area contributed by atoms with Crippen LogP contribution in [0.25, 0.3) is 0 Å². The minimum absolute atomic E-state index is 0.0662. The summed E-state index contributed by atoms with van der Waals surface area (Å²) in [5, 5.41) is 5.77. The Morgan fingerprint density at radius 3 is 2.85 bits per heavy atom. The first-order chi connectivity index (χ1) is 12.6. The van der Waals surface area contributed by atoms with Crippen molar-refractivity contribution in [3.63, 3.8) is 0 Å². The number of aryl methyl sites for hydroxylation is 1. The summed E-state index contributed by atoms with van der Waals surface area (Å²) in [6.45, 7) is 3.31. The lowest BCUT2D eigenvalue weighted by Gasteiger charge is -2.24. The zero-order chi connectivity index (χ0) is 18.4. The number of carbonyl (C=O) groups excluding carboxylic acids is 2. The van der Waals surface area contributed by atoms with Crippen LogP contribution in [0.2, 0.25) is 0 Å². The molecule has 0 spiro atoms. The second-order valence-electron chi connectivity index (χ2n) is 6.56. The predicted octanol–water partition coefficient (Wildman–Crippen LogP) is 1.50. The highest BCUT2D eigenvalue weighted by Crippen LogP contribution is 2.11. The topological polar surface area (TPSA) is 87.2 Å². The van der Waals surface area contributed by atoms with Gasteiger partial charge in [0.15, 0.2) is 0 Å². The van der Waals surface area contributed by atoms with Gasteiger partial charge in [-0.3, -0.25) is 19.5 Å². The third-order valence-electron chi connectivity index (χ3n) is 4.22. The van der Waals surface area contributed by atoms with Crippen molar-refractivity contribution in [1.82, 2.24) is 20.2 Å². The molecule has 2 aromatic heterocycles. The molecule has 7 nitrogen and oxygen atoms in total. The van der Waals surface area contributed by atoms with Crippen molar-refractivity contribution in [2.24, 2.45) is 0 Å². The highest BCUT2D eigenvalue weighted by molar-refractivity contribution is 5.91. The molecule has 0 aliphatic carbocycles. The van der Waals surface area contributed by atoms with E-state index in [1.165, 1.54) is 0 Å². The largest absolute Gasteiger partial charge is 0.352 e. The first kappa shape index (κ1) is 18.0. The maximum absolute atomic E-state index is 12.4. The zero-order valence-electron chi connectivity index (χ0n) is 14.8. The van der Waals surface area contributed by atoms with Gasteiger partial charge in [0, 0.05) is 37.9 Å². The summed E-state index contributed by atoms with van der Waals surface area (Å²) in [6.07, 6.45) is 4.79. The molecule has 1 aliphatic rings. The molecule has 26 heavy (non-hydrogen) atoms. The molecule has 0 bridgehead atoms. The number of hydrogen-bond acceptors (Lipinski definition) is 5. The molecule has 0 unspecified atom stereocenters. The van der Waals surface area contributed by atoms with Crippen LogP contribution in [-0.4, -0.2) is 45.8 Å². The maximum atomic E-state index is 12.4. The quantitative estimate of drug-likeness (QED) is 0.788. The van der Waals surface area contributed by atoms with E-state index in [1.807, 2.05) is 36.1 Å². The van der Waals surface area contributed by atoms with Crippen LogP contribution in [0.4, 0.5) is 5.82 Å². The Bertz CT molecular complexity index is 748. The van der Waals surface area contributed by atoms with Gasteiger partial charge in [-0.25, -0.2) is 4.98 Å². The van der Waals surface area contributed by atoms with E-state index in [4.69, 9.17) is 0 Å². The van der Waals surface area contributed by atoms with E-state index < -0.39 is 0 Å². The molecule has 0 radical (unpaired) electrons. The number of hydrogen-bond donors (Lipinski definition) is 2. The van der Waals surface area contributed by atoms with Gasteiger partial charge < -0.3 is 10.6 Å². The van der Waals surface area contributed by atoms with Gasteiger partial charge in [-0.05, 0) is 37.1 Å². The molecule has 1 aliphatic heterocycles. The highest BCUT2D eigenvalue weighted by atomic mass is 16.2. The van der Waals surface area contributed by atoms with Crippen LogP contribution in [0, 0.1) is 6.92 Å². The second-order valence-corrected chi connectivity index (χ2v) is 6.56. The van der Waals surface area contributed by atoms with Crippen LogP contribution in [-0.2, 0) is 16.1 Å². The first-order valence-corrected chi connectivity index (χ1v) is 8.72. The molecular formula is C19H23N5O2. The van der Waals surface area contributed by atoms with Gasteiger partial charge in [-0.2, -0.15) is 0 Å². The number of aromatic nitrogens is 2. The molecular weight excluding hydrogens is 330 g/mol. The van der Waals surface area contributed by atoms with Crippen LogP contribution in [0.15, 0.2) is 42.7 Å². The highest BCUT2D eigenvalue weighted by Gasteiger charge is 2.24.